The number of urea groups is 1. The number of halogens is 1. The Morgan fingerprint density at radius 2 is 1.97 bits per heavy atom. The van der Waals surface area contributed by atoms with Crippen LogP contribution in [0, 0.1) is 0 Å². The van der Waals surface area contributed by atoms with Crippen LogP contribution in [0.2, 0.25) is 0 Å². The van der Waals surface area contributed by atoms with Crippen molar-refractivity contribution in [3.05, 3.63) is 58.0 Å². The molecule has 7 nitrogen and oxygen atoms in total. The van der Waals surface area contributed by atoms with Gasteiger partial charge in [0.2, 0.25) is 5.13 Å². The molecule has 0 aliphatic rings. The van der Waals surface area contributed by atoms with Gasteiger partial charge in [0.1, 0.15) is 16.5 Å². The van der Waals surface area contributed by atoms with Crippen LogP contribution < -0.4 is 20.1 Å². The standard InChI is InChI=1S/C19H19BrN4O3S2/c1-26-16-4-2-3-14(11-16)21-18(25)22-19-24-23-17(29-19)12-28-10-9-27-15-7-5-13(20)6-8-15/h2-8,11H,9-10,12H2,1H3,(H2,21,22,24,25). The van der Waals surface area contributed by atoms with Crippen molar-refractivity contribution >= 4 is 55.9 Å². The second-order valence-electron chi connectivity index (χ2n) is 5.67. The summed E-state index contributed by atoms with van der Waals surface area (Å²) in [7, 11) is 1.58. The number of nitrogens with zero attached hydrogens (tertiary/aromatic N) is 2. The van der Waals surface area contributed by atoms with Gasteiger partial charge in [-0.1, -0.05) is 33.3 Å². The summed E-state index contributed by atoms with van der Waals surface area (Å²) in [5.41, 5.74) is 0.632. The summed E-state index contributed by atoms with van der Waals surface area (Å²) in [5, 5.41) is 14.8. The molecule has 1 heterocycles. The molecule has 0 aliphatic carbocycles. The van der Waals surface area contributed by atoms with Crippen molar-refractivity contribution in [2.24, 2.45) is 0 Å². The molecule has 0 fully saturated rings. The lowest BCUT2D eigenvalue weighted by atomic mass is 10.3. The van der Waals surface area contributed by atoms with Gasteiger partial charge in [-0.2, -0.15) is 11.8 Å². The summed E-state index contributed by atoms with van der Waals surface area (Å²) < 4.78 is 11.8. The molecule has 3 rings (SSSR count). The van der Waals surface area contributed by atoms with Crippen molar-refractivity contribution in [3.63, 3.8) is 0 Å². The minimum absolute atomic E-state index is 0.378. The van der Waals surface area contributed by atoms with E-state index in [1.54, 1.807) is 37.1 Å². The monoisotopic (exact) mass is 494 g/mol. The number of nitrogens with one attached hydrogen (secondary N) is 2. The second-order valence-corrected chi connectivity index (χ2v) is 8.75. The smallest absolute Gasteiger partial charge is 0.325 e. The highest BCUT2D eigenvalue weighted by Crippen LogP contribution is 2.22. The molecule has 0 radical (unpaired) electrons. The molecule has 0 saturated heterocycles. The Morgan fingerprint density at radius 3 is 2.76 bits per heavy atom. The van der Waals surface area contributed by atoms with E-state index in [0.29, 0.717) is 28.9 Å². The van der Waals surface area contributed by atoms with E-state index in [0.717, 1.165) is 21.0 Å². The van der Waals surface area contributed by atoms with Crippen LogP contribution in [0.3, 0.4) is 0 Å². The van der Waals surface area contributed by atoms with Gasteiger partial charge >= 0.3 is 6.03 Å². The number of hydrogen-bond donors (Lipinski definition) is 2. The van der Waals surface area contributed by atoms with E-state index in [4.69, 9.17) is 9.47 Å². The highest BCUT2D eigenvalue weighted by atomic mass is 79.9. The van der Waals surface area contributed by atoms with Crippen LogP contribution in [0.15, 0.2) is 53.0 Å². The van der Waals surface area contributed by atoms with E-state index in [-0.39, 0.29) is 6.03 Å². The molecule has 0 unspecified atom stereocenters. The highest BCUT2D eigenvalue weighted by molar-refractivity contribution is 9.10. The number of aromatic nitrogens is 2. The molecule has 3 aromatic rings. The van der Waals surface area contributed by atoms with E-state index < -0.39 is 0 Å². The largest absolute Gasteiger partial charge is 0.497 e. The van der Waals surface area contributed by atoms with Gasteiger partial charge in [0.15, 0.2) is 0 Å². The normalized spacial score (nSPS) is 10.4. The summed E-state index contributed by atoms with van der Waals surface area (Å²) in [6, 6.07) is 14.5. The van der Waals surface area contributed by atoms with E-state index in [9.17, 15) is 4.79 Å². The summed E-state index contributed by atoms with van der Waals surface area (Å²) in [6.45, 7) is 0.610. The first-order valence-corrected chi connectivity index (χ1v) is 11.4. The minimum Gasteiger partial charge on any atom is -0.497 e. The number of hydrogen-bond acceptors (Lipinski definition) is 7. The molecular weight excluding hydrogens is 476 g/mol. The number of carbonyl (C=O) groups excluding carboxylic acids is 1. The lowest BCUT2D eigenvalue weighted by molar-refractivity contribution is 0.262. The van der Waals surface area contributed by atoms with Gasteiger partial charge in [-0.15, -0.1) is 10.2 Å². The van der Waals surface area contributed by atoms with Gasteiger partial charge in [0, 0.05) is 27.7 Å². The molecule has 152 valence electrons. The third-order valence-electron chi connectivity index (χ3n) is 3.55. The Hall–Kier alpha value is -2.30. The van der Waals surface area contributed by atoms with Crippen molar-refractivity contribution in [1.82, 2.24) is 10.2 Å². The number of benzene rings is 2. The fourth-order valence-corrected chi connectivity index (χ4v) is 4.09. The molecule has 2 N–H and O–H groups in total. The lowest BCUT2D eigenvalue weighted by Crippen LogP contribution is -2.19. The maximum atomic E-state index is 12.1. The van der Waals surface area contributed by atoms with Crippen LogP contribution in [0.1, 0.15) is 5.01 Å². The number of rotatable bonds is 9. The van der Waals surface area contributed by atoms with Crippen LogP contribution in [0.25, 0.3) is 0 Å². The molecular formula is C19H19BrN4O3S2. The first-order chi connectivity index (χ1) is 14.1. The van der Waals surface area contributed by atoms with Crippen LogP contribution in [-0.4, -0.2) is 35.7 Å². The van der Waals surface area contributed by atoms with Gasteiger partial charge in [-0.3, -0.25) is 5.32 Å². The molecule has 0 spiro atoms. The predicted octanol–water partition coefficient (Wildman–Crippen LogP) is 5.27. The molecule has 0 saturated carbocycles. The number of carbonyl (C=O) groups is 1. The lowest BCUT2D eigenvalue weighted by Gasteiger charge is -2.06. The average molecular weight is 495 g/mol. The number of thioether (sulfide) groups is 1. The van der Waals surface area contributed by atoms with Gasteiger partial charge < -0.3 is 14.8 Å². The Kier molecular flexibility index (Phi) is 8.14. The number of anilines is 2. The zero-order valence-electron chi connectivity index (χ0n) is 15.6. The average Bonchev–Trinajstić information content (AvgIpc) is 3.16. The van der Waals surface area contributed by atoms with Gasteiger partial charge in [-0.05, 0) is 36.4 Å². The Labute approximate surface area is 185 Å². The van der Waals surface area contributed by atoms with Crippen LogP contribution in [0.4, 0.5) is 15.6 Å². The molecule has 1 aromatic heterocycles. The van der Waals surface area contributed by atoms with E-state index in [2.05, 4.69) is 36.8 Å². The summed E-state index contributed by atoms with van der Waals surface area (Å²) >= 11 is 6.45. The second kappa shape index (κ2) is 11.0. The maximum absolute atomic E-state index is 12.1. The first kappa shape index (κ1) is 21.4. The summed E-state index contributed by atoms with van der Waals surface area (Å²) in [4.78, 5) is 12.1. The number of ether oxygens (including phenoxy) is 2. The molecule has 10 heteroatoms. The molecule has 29 heavy (non-hydrogen) atoms. The molecule has 0 atom stereocenters. The SMILES string of the molecule is COc1cccc(NC(=O)Nc2nnc(CSCCOc3ccc(Br)cc3)s2)c1. The Balaban J connectivity index is 1.37. The zero-order valence-corrected chi connectivity index (χ0v) is 18.8. The van der Waals surface area contributed by atoms with Gasteiger partial charge in [0.05, 0.1) is 13.7 Å². The fourth-order valence-electron chi connectivity index (χ4n) is 2.23. The minimum atomic E-state index is -0.378. The van der Waals surface area contributed by atoms with Crippen LogP contribution >= 0.6 is 39.0 Å². The van der Waals surface area contributed by atoms with E-state index in [1.807, 2.05) is 30.3 Å². The Bertz CT molecular complexity index is 937. The fraction of sp³-hybridized carbons (Fsp3) is 0.211. The van der Waals surface area contributed by atoms with Gasteiger partial charge in [0.25, 0.3) is 0 Å². The highest BCUT2D eigenvalue weighted by Gasteiger charge is 2.09. The topological polar surface area (TPSA) is 85.4 Å². The summed E-state index contributed by atoms with van der Waals surface area (Å²) in [5.74, 6) is 3.05. The van der Waals surface area contributed by atoms with Crippen molar-refractivity contribution in [3.8, 4) is 11.5 Å². The predicted molar refractivity (Wildman–Crippen MR) is 121 cm³/mol. The third-order valence-corrected chi connectivity index (χ3v) is 6.03. The van der Waals surface area contributed by atoms with Crippen molar-refractivity contribution in [1.29, 1.82) is 0 Å². The first-order valence-electron chi connectivity index (χ1n) is 8.63. The van der Waals surface area contributed by atoms with E-state index >= 15 is 0 Å². The van der Waals surface area contributed by atoms with Gasteiger partial charge in [-0.25, -0.2) is 4.79 Å². The zero-order chi connectivity index (χ0) is 20.5. The maximum Gasteiger partial charge on any atom is 0.325 e. The number of amides is 2. The molecule has 2 aromatic carbocycles. The number of methoxy groups -OCH3 is 1. The van der Waals surface area contributed by atoms with Crippen molar-refractivity contribution in [2.75, 3.05) is 30.1 Å². The van der Waals surface area contributed by atoms with E-state index in [1.165, 1.54) is 11.3 Å². The third kappa shape index (κ3) is 7.22. The van der Waals surface area contributed by atoms with Crippen molar-refractivity contribution in [2.45, 2.75) is 5.75 Å². The summed E-state index contributed by atoms with van der Waals surface area (Å²) in [6.07, 6.45) is 0. The van der Waals surface area contributed by atoms with Crippen LogP contribution in [-0.2, 0) is 5.75 Å². The van der Waals surface area contributed by atoms with Crippen molar-refractivity contribution < 1.29 is 14.3 Å². The molecule has 2 amide bonds. The Morgan fingerprint density at radius 1 is 1.14 bits per heavy atom. The van der Waals surface area contributed by atoms with Crippen LogP contribution in [0.5, 0.6) is 11.5 Å². The molecule has 0 aliphatic heterocycles. The quantitative estimate of drug-likeness (QED) is 0.394. The molecule has 0 bridgehead atoms.